The number of esters is 1. The van der Waals surface area contributed by atoms with Crippen LogP contribution < -0.4 is 15.0 Å². The highest BCUT2D eigenvalue weighted by atomic mass is 16.5. The molecule has 1 atom stereocenters. The zero-order valence-corrected chi connectivity index (χ0v) is 15.4. The van der Waals surface area contributed by atoms with Gasteiger partial charge in [0.25, 0.3) is 5.56 Å². The summed E-state index contributed by atoms with van der Waals surface area (Å²) in [6.45, 7) is -0.206. The molecular formula is C21H18N2O5. The second-order valence-corrected chi connectivity index (χ2v) is 5.97. The molecule has 2 aromatic heterocycles. The molecule has 0 N–H and O–H groups in total. The molecule has 7 nitrogen and oxygen atoms in total. The van der Waals surface area contributed by atoms with Crippen molar-refractivity contribution in [2.24, 2.45) is 0 Å². The van der Waals surface area contributed by atoms with Gasteiger partial charge in [0, 0.05) is 17.8 Å². The number of methoxy groups -OCH3 is 2. The monoisotopic (exact) mass is 378 g/mol. The summed E-state index contributed by atoms with van der Waals surface area (Å²) in [6.07, 6.45) is 1.58. The van der Waals surface area contributed by atoms with Crippen molar-refractivity contribution >= 4 is 11.5 Å². The first-order chi connectivity index (χ1) is 13.6. The standard InChI is InChI=1S/C21H18N2O5/c1-26-17-9-14(10-18(11-17)27-2)15(12-22)13-28-21(25)19-7-6-16-5-3-4-8-23(16)20(19)24/h3-11,15H,13H2,1-2H3. The molecule has 0 bridgehead atoms. The van der Waals surface area contributed by atoms with Crippen LogP contribution in [0.5, 0.6) is 11.5 Å². The molecule has 28 heavy (non-hydrogen) atoms. The summed E-state index contributed by atoms with van der Waals surface area (Å²) in [7, 11) is 3.01. The normalized spacial score (nSPS) is 11.5. The molecule has 142 valence electrons. The van der Waals surface area contributed by atoms with Gasteiger partial charge in [0.15, 0.2) is 0 Å². The van der Waals surface area contributed by atoms with E-state index in [0.29, 0.717) is 22.6 Å². The maximum Gasteiger partial charge on any atom is 0.343 e. The van der Waals surface area contributed by atoms with Gasteiger partial charge in [0.05, 0.1) is 20.3 Å². The molecule has 1 aromatic carbocycles. The van der Waals surface area contributed by atoms with E-state index in [4.69, 9.17) is 14.2 Å². The van der Waals surface area contributed by atoms with Crippen molar-refractivity contribution in [2.45, 2.75) is 5.92 Å². The molecule has 0 saturated heterocycles. The first-order valence-electron chi connectivity index (χ1n) is 8.47. The quantitative estimate of drug-likeness (QED) is 0.613. The van der Waals surface area contributed by atoms with Crippen molar-refractivity contribution in [2.75, 3.05) is 20.8 Å². The van der Waals surface area contributed by atoms with Crippen LogP contribution in [0.4, 0.5) is 0 Å². The average molecular weight is 378 g/mol. The molecule has 0 aliphatic carbocycles. The average Bonchev–Trinajstić information content (AvgIpc) is 2.74. The van der Waals surface area contributed by atoms with Gasteiger partial charge in [-0.1, -0.05) is 6.07 Å². The van der Waals surface area contributed by atoms with E-state index >= 15 is 0 Å². The number of nitrogens with zero attached hydrogens (tertiary/aromatic N) is 2. The topological polar surface area (TPSA) is 90.0 Å². The highest BCUT2D eigenvalue weighted by Gasteiger charge is 2.19. The Kier molecular flexibility index (Phi) is 5.61. The maximum atomic E-state index is 12.5. The SMILES string of the molecule is COc1cc(OC)cc(C(C#N)COC(=O)c2ccc3ccccn3c2=O)c1. The molecule has 1 unspecified atom stereocenters. The Labute approximate surface area is 161 Å². The summed E-state index contributed by atoms with van der Waals surface area (Å²) in [5, 5.41) is 9.50. The van der Waals surface area contributed by atoms with E-state index < -0.39 is 17.4 Å². The molecule has 3 aromatic rings. The van der Waals surface area contributed by atoms with E-state index in [1.807, 2.05) is 0 Å². The van der Waals surface area contributed by atoms with Crippen LogP contribution in [0.15, 0.2) is 59.5 Å². The summed E-state index contributed by atoms with van der Waals surface area (Å²) in [6, 6.07) is 15.5. The Morgan fingerprint density at radius 3 is 2.46 bits per heavy atom. The molecule has 0 fully saturated rings. The smallest absolute Gasteiger partial charge is 0.343 e. The first-order valence-corrected chi connectivity index (χ1v) is 8.47. The molecule has 0 aliphatic heterocycles. The van der Waals surface area contributed by atoms with Crippen LogP contribution in [-0.4, -0.2) is 31.2 Å². The van der Waals surface area contributed by atoms with Crippen LogP contribution >= 0.6 is 0 Å². The van der Waals surface area contributed by atoms with E-state index in [9.17, 15) is 14.9 Å². The van der Waals surface area contributed by atoms with Gasteiger partial charge in [-0.2, -0.15) is 5.26 Å². The Hall–Kier alpha value is -3.79. The number of aromatic nitrogens is 1. The number of fused-ring (bicyclic) bond motifs is 1. The Morgan fingerprint density at radius 1 is 1.11 bits per heavy atom. The molecule has 0 spiro atoms. The van der Waals surface area contributed by atoms with Crippen LogP contribution in [0, 0.1) is 11.3 Å². The number of carbonyl (C=O) groups excluding carboxylic acids is 1. The van der Waals surface area contributed by atoms with Crippen LogP contribution in [0.3, 0.4) is 0 Å². The fourth-order valence-corrected chi connectivity index (χ4v) is 2.78. The number of benzene rings is 1. The molecule has 0 amide bonds. The van der Waals surface area contributed by atoms with Gasteiger partial charge in [-0.05, 0) is 42.0 Å². The lowest BCUT2D eigenvalue weighted by atomic mass is 10.0. The molecule has 0 saturated carbocycles. The van der Waals surface area contributed by atoms with E-state index in [0.717, 1.165) is 0 Å². The number of pyridine rings is 2. The molecule has 7 heteroatoms. The second-order valence-electron chi connectivity index (χ2n) is 5.97. The number of carbonyl (C=O) groups is 1. The Bertz CT molecular complexity index is 1090. The fraction of sp³-hybridized carbons (Fsp3) is 0.190. The third kappa shape index (κ3) is 3.81. The van der Waals surface area contributed by atoms with Crippen LogP contribution in [0.2, 0.25) is 0 Å². The van der Waals surface area contributed by atoms with Crippen molar-refractivity contribution in [3.63, 3.8) is 0 Å². The molecule has 0 aliphatic rings. The summed E-state index contributed by atoms with van der Waals surface area (Å²) in [4.78, 5) is 24.9. The van der Waals surface area contributed by atoms with Gasteiger partial charge in [-0.3, -0.25) is 9.20 Å². The molecular weight excluding hydrogens is 360 g/mol. The Morgan fingerprint density at radius 2 is 1.82 bits per heavy atom. The highest BCUT2D eigenvalue weighted by Crippen LogP contribution is 2.27. The highest BCUT2D eigenvalue weighted by molar-refractivity contribution is 5.89. The summed E-state index contributed by atoms with van der Waals surface area (Å²) >= 11 is 0. The van der Waals surface area contributed by atoms with Crippen molar-refractivity contribution in [1.82, 2.24) is 4.40 Å². The van der Waals surface area contributed by atoms with Gasteiger partial charge in [0.1, 0.15) is 29.6 Å². The van der Waals surface area contributed by atoms with Crippen LogP contribution in [0.25, 0.3) is 5.52 Å². The molecule has 2 heterocycles. The zero-order valence-electron chi connectivity index (χ0n) is 15.4. The molecule has 3 rings (SSSR count). The van der Waals surface area contributed by atoms with Crippen LogP contribution in [0.1, 0.15) is 21.8 Å². The first kappa shape index (κ1) is 19.0. The predicted octanol–water partition coefficient (Wildman–Crippen LogP) is 2.78. The number of rotatable bonds is 6. The minimum absolute atomic E-state index is 0.0939. The van der Waals surface area contributed by atoms with E-state index in [1.165, 1.54) is 24.7 Å². The third-order valence-corrected chi connectivity index (χ3v) is 4.29. The van der Waals surface area contributed by atoms with Gasteiger partial charge in [-0.15, -0.1) is 0 Å². The summed E-state index contributed by atoms with van der Waals surface area (Å²) < 4.78 is 17.0. The van der Waals surface area contributed by atoms with Crippen molar-refractivity contribution < 1.29 is 19.0 Å². The fourth-order valence-electron chi connectivity index (χ4n) is 2.78. The lowest BCUT2D eigenvalue weighted by Gasteiger charge is -2.13. The minimum atomic E-state index is -0.779. The largest absolute Gasteiger partial charge is 0.497 e. The summed E-state index contributed by atoms with van der Waals surface area (Å²) in [5.74, 6) is -0.475. The van der Waals surface area contributed by atoms with Gasteiger partial charge >= 0.3 is 5.97 Å². The van der Waals surface area contributed by atoms with Gasteiger partial charge in [0.2, 0.25) is 0 Å². The zero-order chi connectivity index (χ0) is 20.1. The second kappa shape index (κ2) is 8.27. The lowest BCUT2D eigenvalue weighted by molar-refractivity contribution is 0.0494. The van der Waals surface area contributed by atoms with Crippen LogP contribution in [-0.2, 0) is 4.74 Å². The number of ether oxygens (including phenoxy) is 3. The number of hydrogen-bond acceptors (Lipinski definition) is 6. The Balaban J connectivity index is 1.81. The lowest BCUT2D eigenvalue weighted by Crippen LogP contribution is -2.24. The third-order valence-electron chi connectivity index (χ3n) is 4.29. The van der Waals surface area contributed by atoms with Gasteiger partial charge < -0.3 is 14.2 Å². The minimum Gasteiger partial charge on any atom is -0.497 e. The van der Waals surface area contributed by atoms with Gasteiger partial charge in [-0.25, -0.2) is 4.79 Å². The van der Waals surface area contributed by atoms with Crippen molar-refractivity contribution in [3.05, 3.63) is 76.2 Å². The number of nitriles is 1. The number of hydrogen-bond donors (Lipinski definition) is 0. The van der Waals surface area contributed by atoms with Crippen molar-refractivity contribution in [3.8, 4) is 17.6 Å². The predicted molar refractivity (Wildman–Crippen MR) is 102 cm³/mol. The van der Waals surface area contributed by atoms with E-state index in [2.05, 4.69) is 6.07 Å². The van der Waals surface area contributed by atoms with E-state index in [1.54, 1.807) is 48.7 Å². The molecule has 0 radical (unpaired) electrons. The maximum absolute atomic E-state index is 12.5. The summed E-state index contributed by atoms with van der Waals surface area (Å²) in [5.41, 5.74) is 0.687. The van der Waals surface area contributed by atoms with Crippen molar-refractivity contribution in [1.29, 1.82) is 5.26 Å². The van der Waals surface area contributed by atoms with E-state index in [-0.39, 0.29) is 12.2 Å².